The molecule has 0 saturated heterocycles. The van der Waals surface area contributed by atoms with Gasteiger partial charge in [0.1, 0.15) is 0 Å². The summed E-state index contributed by atoms with van der Waals surface area (Å²) in [4.78, 5) is 0. The van der Waals surface area contributed by atoms with Crippen LogP contribution in [0.5, 0.6) is 0 Å². The minimum Gasteiger partial charge on any atom is -0.159 e. The maximum absolute atomic E-state index is 3.89. The Labute approximate surface area is 66.7 Å². The lowest BCUT2D eigenvalue weighted by Crippen LogP contribution is -1.97. The maximum atomic E-state index is 3.89. The fourth-order valence-electron chi connectivity index (χ4n) is 1.77. The zero-order chi connectivity index (χ0) is 7.84. The molecule has 1 heterocycles. The highest BCUT2D eigenvalue weighted by molar-refractivity contribution is 5.30. The first-order valence-electron chi connectivity index (χ1n) is 4.08. The van der Waals surface area contributed by atoms with Crippen molar-refractivity contribution in [1.82, 2.24) is 10.2 Å². The zero-order valence-corrected chi connectivity index (χ0v) is 6.91. The Balaban J connectivity index is 2.47. The van der Waals surface area contributed by atoms with Crippen molar-refractivity contribution in [2.45, 2.75) is 26.2 Å². The van der Waals surface area contributed by atoms with E-state index in [0.717, 1.165) is 5.92 Å². The zero-order valence-electron chi connectivity index (χ0n) is 6.91. The first-order chi connectivity index (χ1) is 5.29. The Kier molecular flexibility index (Phi) is 1.41. The van der Waals surface area contributed by atoms with Crippen LogP contribution < -0.4 is 0 Å². The van der Waals surface area contributed by atoms with Gasteiger partial charge >= 0.3 is 0 Å². The van der Waals surface area contributed by atoms with Crippen LogP contribution in [0.1, 0.15) is 30.9 Å². The van der Waals surface area contributed by atoms with E-state index >= 15 is 0 Å². The van der Waals surface area contributed by atoms with E-state index in [-0.39, 0.29) is 0 Å². The number of rotatable bonds is 0. The molecule has 1 aromatic heterocycles. The van der Waals surface area contributed by atoms with Gasteiger partial charge in [-0.15, -0.1) is 0 Å². The molecule has 2 atom stereocenters. The topological polar surface area (TPSA) is 25.8 Å². The summed E-state index contributed by atoms with van der Waals surface area (Å²) in [6, 6.07) is 0. The van der Waals surface area contributed by atoms with Crippen molar-refractivity contribution >= 4 is 0 Å². The number of hydrogen-bond acceptors (Lipinski definition) is 2. The normalized spacial score (nSPS) is 28.5. The van der Waals surface area contributed by atoms with Crippen LogP contribution in [0, 0.1) is 5.92 Å². The van der Waals surface area contributed by atoms with E-state index < -0.39 is 0 Å². The predicted octanol–water partition coefficient (Wildman–Crippen LogP) is 1.77. The summed E-state index contributed by atoms with van der Waals surface area (Å²) in [6.07, 6.45) is 4.98. The molecular weight excluding hydrogens is 136 g/mol. The van der Waals surface area contributed by atoms with Crippen molar-refractivity contribution in [2.75, 3.05) is 0 Å². The van der Waals surface area contributed by atoms with Crippen LogP contribution >= 0.6 is 0 Å². The lowest BCUT2D eigenvalue weighted by molar-refractivity contribution is 0.531. The average Bonchev–Trinajstić information content (AvgIpc) is 2.30. The monoisotopic (exact) mass is 148 g/mol. The summed E-state index contributed by atoms with van der Waals surface area (Å²) in [5.41, 5.74) is 2.78. The molecule has 0 fully saturated rings. The molecule has 0 aliphatic heterocycles. The second-order valence-electron chi connectivity index (χ2n) is 3.44. The van der Waals surface area contributed by atoms with Gasteiger partial charge < -0.3 is 0 Å². The van der Waals surface area contributed by atoms with Crippen molar-refractivity contribution in [1.29, 1.82) is 0 Å². The molecule has 0 amide bonds. The van der Waals surface area contributed by atoms with Crippen LogP contribution in [-0.4, -0.2) is 10.2 Å². The van der Waals surface area contributed by atoms with Gasteiger partial charge in [-0.25, -0.2) is 0 Å². The third kappa shape index (κ3) is 0.934. The van der Waals surface area contributed by atoms with E-state index in [1.54, 1.807) is 0 Å². The van der Waals surface area contributed by atoms with Gasteiger partial charge in [-0.1, -0.05) is 13.8 Å². The van der Waals surface area contributed by atoms with Gasteiger partial charge in [0, 0.05) is 0 Å². The first kappa shape index (κ1) is 6.77. The summed E-state index contributed by atoms with van der Waals surface area (Å²) in [7, 11) is 0. The summed E-state index contributed by atoms with van der Waals surface area (Å²) in [6.45, 7) is 4.54. The minimum atomic E-state index is 0.667. The maximum Gasteiger partial charge on any atom is 0.0533 e. The number of hydrogen-bond donors (Lipinski definition) is 0. The quantitative estimate of drug-likeness (QED) is 0.560. The van der Waals surface area contributed by atoms with Crippen molar-refractivity contribution in [3.63, 3.8) is 0 Å². The van der Waals surface area contributed by atoms with Gasteiger partial charge in [0.15, 0.2) is 0 Å². The number of aromatic nitrogens is 2. The lowest BCUT2D eigenvalue weighted by Gasteiger charge is -2.07. The highest BCUT2D eigenvalue weighted by Gasteiger charge is 2.25. The predicted molar refractivity (Wildman–Crippen MR) is 43.3 cm³/mol. The van der Waals surface area contributed by atoms with Gasteiger partial charge in [0.2, 0.25) is 0 Å². The molecule has 2 rings (SSSR count). The fraction of sp³-hybridized carbons (Fsp3) is 0.556. The fourth-order valence-corrected chi connectivity index (χ4v) is 1.77. The molecule has 0 aromatic carbocycles. The van der Waals surface area contributed by atoms with Crippen molar-refractivity contribution in [2.24, 2.45) is 5.92 Å². The second-order valence-corrected chi connectivity index (χ2v) is 3.44. The summed E-state index contributed by atoms with van der Waals surface area (Å²) >= 11 is 0. The van der Waals surface area contributed by atoms with Crippen LogP contribution in [0.4, 0.5) is 0 Å². The number of fused-ring (bicyclic) bond motifs is 1. The SMILES string of the molecule is CC1Cc2cnncc2C1C. The van der Waals surface area contributed by atoms with Crippen LogP contribution in [0.15, 0.2) is 12.4 Å². The van der Waals surface area contributed by atoms with Crippen LogP contribution in [0.25, 0.3) is 0 Å². The average molecular weight is 148 g/mol. The second kappa shape index (κ2) is 2.29. The lowest BCUT2D eigenvalue weighted by atomic mass is 9.98. The molecule has 0 saturated carbocycles. The van der Waals surface area contributed by atoms with Crippen molar-refractivity contribution in [3.8, 4) is 0 Å². The van der Waals surface area contributed by atoms with Crippen LogP contribution in [-0.2, 0) is 6.42 Å². The molecule has 0 spiro atoms. The van der Waals surface area contributed by atoms with E-state index in [0.29, 0.717) is 5.92 Å². The Morgan fingerprint density at radius 3 is 2.73 bits per heavy atom. The molecular formula is C9H12N2. The summed E-state index contributed by atoms with van der Waals surface area (Å²) in [5.74, 6) is 1.43. The van der Waals surface area contributed by atoms with E-state index in [1.165, 1.54) is 17.5 Å². The molecule has 1 aromatic rings. The third-order valence-corrected chi connectivity index (χ3v) is 2.73. The van der Waals surface area contributed by atoms with Gasteiger partial charge in [-0.05, 0) is 29.4 Å². The van der Waals surface area contributed by atoms with Crippen LogP contribution in [0.3, 0.4) is 0 Å². The highest BCUT2D eigenvalue weighted by Crippen LogP contribution is 2.35. The molecule has 0 radical (unpaired) electrons. The van der Waals surface area contributed by atoms with Gasteiger partial charge in [-0.3, -0.25) is 0 Å². The van der Waals surface area contributed by atoms with Crippen molar-refractivity contribution < 1.29 is 0 Å². The summed E-state index contributed by atoms with van der Waals surface area (Å²) < 4.78 is 0. The molecule has 0 N–H and O–H groups in total. The van der Waals surface area contributed by atoms with E-state index in [1.807, 2.05) is 12.4 Å². The van der Waals surface area contributed by atoms with Gasteiger partial charge in [0.05, 0.1) is 12.4 Å². The van der Waals surface area contributed by atoms with Crippen molar-refractivity contribution in [3.05, 3.63) is 23.5 Å². The molecule has 58 valence electrons. The molecule has 1 aliphatic carbocycles. The summed E-state index contributed by atoms with van der Waals surface area (Å²) in [5, 5.41) is 7.77. The van der Waals surface area contributed by atoms with Crippen LogP contribution in [0.2, 0.25) is 0 Å². The van der Waals surface area contributed by atoms with Gasteiger partial charge in [-0.2, -0.15) is 10.2 Å². The Bertz CT molecular complexity index is 270. The van der Waals surface area contributed by atoms with E-state index in [4.69, 9.17) is 0 Å². The molecule has 0 bridgehead atoms. The smallest absolute Gasteiger partial charge is 0.0533 e. The standard InChI is InChI=1S/C9H12N2/c1-6-3-8-4-10-11-5-9(8)7(6)2/h4-7H,3H2,1-2H3. The highest BCUT2D eigenvalue weighted by atomic mass is 15.1. The van der Waals surface area contributed by atoms with E-state index in [9.17, 15) is 0 Å². The third-order valence-electron chi connectivity index (χ3n) is 2.73. The largest absolute Gasteiger partial charge is 0.159 e. The number of nitrogens with zero attached hydrogens (tertiary/aromatic N) is 2. The van der Waals surface area contributed by atoms with Gasteiger partial charge in [0.25, 0.3) is 0 Å². The Morgan fingerprint density at radius 1 is 1.27 bits per heavy atom. The minimum absolute atomic E-state index is 0.667. The first-order valence-corrected chi connectivity index (χ1v) is 4.08. The molecule has 2 nitrogen and oxygen atoms in total. The molecule has 11 heavy (non-hydrogen) atoms. The Morgan fingerprint density at radius 2 is 2.00 bits per heavy atom. The molecule has 1 aliphatic rings. The molecule has 2 unspecified atom stereocenters. The Hall–Kier alpha value is -0.920. The molecule has 2 heteroatoms. The van der Waals surface area contributed by atoms with E-state index in [2.05, 4.69) is 24.0 Å².